The average molecular weight is 257 g/mol. The number of carbonyl (C=O) groups is 2. The van der Waals surface area contributed by atoms with Crippen molar-refractivity contribution in [3.8, 4) is 0 Å². The van der Waals surface area contributed by atoms with Gasteiger partial charge in [0.15, 0.2) is 0 Å². The first-order chi connectivity index (χ1) is 8.20. The summed E-state index contributed by atoms with van der Waals surface area (Å²) in [5.41, 5.74) is -0.674. The van der Waals surface area contributed by atoms with Crippen LogP contribution in [-0.4, -0.2) is 51.0 Å². The molecule has 6 heteroatoms. The van der Waals surface area contributed by atoms with Gasteiger partial charge in [-0.25, -0.2) is 9.59 Å². The van der Waals surface area contributed by atoms with Crippen molar-refractivity contribution in [2.45, 2.75) is 57.4 Å². The number of nitrogens with zero attached hydrogens (tertiary/aromatic N) is 1. The maximum Gasteiger partial charge on any atom is 0.411 e. The number of rotatable bonds is 1. The Kier molecular flexibility index (Phi) is 3.01. The second kappa shape index (κ2) is 4.12. The molecule has 1 aliphatic heterocycles. The number of ether oxygens (including phenoxy) is 1. The van der Waals surface area contributed by atoms with Gasteiger partial charge in [-0.3, -0.25) is 4.90 Å². The first-order valence-electron chi connectivity index (χ1n) is 6.13. The minimum Gasteiger partial charge on any atom is -0.480 e. The van der Waals surface area contributed by atoms with E-state index in [4.69, 9.17) is 4.74 Å². The number of amides is 1. The molecule has 6 nitrogen and oxygen atoms in total. The van der Waals surface area contributed by atoms with Gasteiger partial charge in [-0.05, 0) is 39.5 Å². The van der Waals surface area contributed by atoms with Crippen LogP contribution in [0.25, 0.3) is 0 Å². The fraction of sp³-hybridized carbons (Fsp3) is 0.833. The van der Waals surface area contributed by atoms with Crippen molar-refractivity contribution in [1.82, 2.24) is 4.90 Å². The lowest BCUT2D eigenvalue weighted by Crippen LogP contribution is -2.54. The van der Waals surface area contributed by atoms with Gasteiger partial charge in [0.2, 0.25) is 0 Å². The van der Waals surface area contributed by atoms with Crippen molar-refractivity contribution in [2.75, 3.05) is 0 Å². The lowest BCUT2D eigenvalue weighted by atomic mass is 9.98. The zero-order valence-corrected chi connectivity index (χ0v) is 10.8. The molecule has 4 atom stereocenters. The number of hydrogen-bond acceptors (Lipinski definition) is 4. The number of aliphatic hydroxyl groups excluding tert-OH is 1. The Hall–Kier alpha value is -1.30. The first kappa shape index (κ1) is 13.1. The molecule has 1 amide bonds. The van der Waals surface area contributed by atoms with E-state index in [1.54, 1.807) is 20.8 Å². The van der Waals surface area contributed by atoms with Gasteiger partial charge in [0, 0.05) is 0 Å². The maximum absolute atomic E-state index is 12.0. The predicted molar refractivity (Wildman–Crippen MR) is 62.0 cm³/mol. The summed E-state index contributed by atoms with van der Waals surface area (Å²) in [6, 6.07) is -1.29. The van der Waals surface area contributed by atoms with E-state index in [-0.39, 0.29) is 5.92 Å². The van der Waals surface area contributed by atoms with Crippen LogP contribution in [0.4, 0.5) is 4.79 Å². The summed E-state index contributed by atoms with van der Waals surface area (Å²) in [6.45, 7) is 5.18. The number of hydrogen-bond donors (Lipinski definition) is 2. The number of piperidine rings is 1. The van der Waals surface area contributed by atoms with E-state index in [9.17, 15) is 19.8 Å². The SMILES string of the molecule is CC(C)(C)OC(=O)N1C2CC(C[C@H]2O)[C@H]1C(=O)O. The molecule has 2 aliphatic rings. The summed E-state index contributed by atoms with van der Waals surface area (Å²) in [4.78, 5) is 24.5. The van der Waals surface area contributed by atoms with E-state index in [1.807, 2.05) is 0 Å². The van der Waals surface area contributed by atoms with Crippen LogP contribution in [0.3, 0.4) is 0 Å². The zero-order chi connectivity index (χ0) is 13.7. The van der Waals surface area contributed by atoms with E-state index in [0.717, 1.165) is 0 Å². The van der Waals surface area contributed by atoms with E-state index in [0.29, 0.717) is 12.8 Å². The van der Waals surface area contributed by atoms with Crippen molar-refractivity contribution in [3.63, 3.8) is 0 Å². The van der Waals surface area contributed by atoms with Crippen LogP contribution in [0.5, 0.6) is 0 Å². The second-order valence-electron chi connectivity index (χ2n) is 6.04. The van der Waals surface area contributed by atoms with Crippen LogP contribution in [0.15, 0.2) is 0 Å². The Bertz CT molecular complexity index is 375. The predicted octanol–water partition coefficient (Wildman–Crippen LogP) is 0.830. The minimum atomic E-state index is -1.03. The monoisotopic (exact) mass is 257 g/mol. The zero-order valence-electron chi connectivity index (χ0n) is 10.8. The summed E-state index contributed by atoms with van der Waals surface area (Å²) in [5, 5.41) is 19.0. The molecule has 1 saturated heterocycles. The van der Waals surface area contributed by atoms with Gasteiger partial charge in [-0.2, -0.15) is 0 Å². The van der Waals surface area contributed by atoms with Crippen LogP contribution < -0.4 is 0 Å². The molecule has 2 fully saturated rings. The fourth-order valence-electron chi connectivity index (χ4n) is 2.91. The molecule has 0 aromatic heterocycles. The summed E-state index contributed by atoms with van der Waals surface area (Å²) in [5.74, 6) is -1.20. The lowest BCUT2D eigenvalue weighted by molar-refractivity contribution is -0.146. The number of likely N-dealkylation sites (tertiary alicyclic amines) is 1. The molecule has 0 radical (unpaired) electrons. The quantitative estimate of drug-likeness (QED) is 0.726. The number of aliphatic carboxylic acids is 1. The highest BCUT2D eigenvalue weighted by Crippen LogP contribution is 2.43. The third-order valence-corrected chi connectivity index (χ3v) is 3.49. The molecule has 0 aromatic carbocycles. The van der Waals surface area contributed by atoms with Gasteiger partial charge in [-0.15, -0.1) is 0 Å². The van der Waals surface area contributed by atoms with Gasteiger partial charge >= 0.3 is 12.1 Å². The average Bonchev–Trinajstić information content (AvgIpc) is 2.69. The third-order valence-electron chi connectivity index (χ3n) is 3.49. The number of carbonyl (C=O) groups excluding carboxylic acids is 1. The van der Waals surface area contributed by atoms with Crippen LogP contribution >= 0.6 is 0 Å². The topological polar surface area (TPSA) is 87.1 Å². The molecule has 2 rings (SSSR count). The van der Waals surface area contributed by atoms with Gasteiger partial charge in [-0.1, -0.05) is 0 Å². The number of carboxylic acids is 1. The number of carboxylic acid groups (broad SMARTS) is 1. The summed E-state index contributed by atoms with van der Waals surface area (Å²) < 4.78 is 5.22. The van der Waals surface area contributed by atoms with E-state index < -0.39 is 35.9 Å². The molecule has 102 valence electrons. The highest BCUT2D eigenvalue weighted by molar-refractivity contribution is 5.82. The van der Waals surface area contributed by atoms with Gasteiger partial charge < -0.3 is 14.9 Å². The van der Waals surface area contributed by atoms with Crippen molar-refractivity contribution in [1.29, 1.82) is 0 Å². The fourth-order valence-corrected chi connectivity index (χ4v) is 2.91. The van der Waals surface area contributed by atoms with Gasteiger partial charge in [0.25, 0.3) is 0 Å². The molecule has 18 heavy (non-hydrogen) atoms. The van der Waals surface area contributed by atoms with Gasteiger partial charge in [0.1, 0.15) is 11.6 Å². The Morgan fingerprint density at radius 2 is 1.89 bits per heavy atom. The standard InChI is InChI=1S/C12H19NO5/c1-12(2,3)18-11(17)13-7-4-6(5-8(7)14)9(13)10(15)16/h6-9,14H,4-5H2,1-3H3,(H,15,16)/t6?,7?,8-,9+/m1/s1. The van der Waals surface area contributed by atoms with Crippen molar-refractivity contribution in [3.05, 3.63) is 0 Å². The molecule has 2 N–H and O–H groups in total. The minimum absolute atomic E-state index is 0.171. The highest BCUT2D eigenvalue weighted by Gasteiger charge is 2.56. The number of fused-ring (bicyclic) bond motifs is 2. The Balaban J connectivity index is 2.19. The molecule has 0 aromatic rings. The normalized spacial score (nSPS) is 34.8. The second-order valence-corrected chi connectivity index (χ2v) is 6.04. The largest absolute Gasteiger partial charge is 0.480 e. The molecule has 1 heterocycles. The molecular formula is C12H19NO5. The molecule has 2 unspecified atom stereocenters. The van der Waals surface area contributed by atoms with E-state index in [1.165, 1.54) is 4.90 Å². The van der Waals surface area contributed by atoms with Gasteiger partial charge in [0.05, 0.1) is 12.1 Å². The third kappa shape index (κ3) is 2.16. The van der Waals surface area contributed by atoms with Crippen LogP contribution in [0.1, 0.15) is 33.6 Å². The number of aliphatic hydroxyl groups is 1. The molecule has 1 saturated carbocycles. The highest BCUT2D eigenvalue weighted by atomic mass is 16.6. The van der Waals surface area contributed by atoms with Crippen molar-refractivity contribution >= 4 is 12.1 Å². The molecular weight excluding hydrogens is 238 g/mol. The van der Waals surface area contributed by atoms with E-state index in [2.05, 4.69) is 0 Å². The Morgan fingerprint density at radius 1 is 1.28 bits per heavy atom. The Morgan fingerprint density at radius 3 is 2.39 bits per heavy atom. The van der Waals surface area contributed by atoms with Crippen molar-refractivity contribution in [2.24, 2.45) is 5.92 Å². The summed E-state index contributed by atoms with van der Waals surface area (Å²) in [7, 11) is 0. The first-order valence-corrected chi connectivity index (χ1v) is 6.13. The van der Waals surface area contributed by atoms with E-state index >= 15 is 0 Å². The maximum atomic E-state index is 12.0. The molecule has 2 bridgehead atoms. The Labute approximate surface area is 106 Å². The molecule has 0 spiro atoms. The smallest absolute Gasteiger partial charge is 0.411 e. The van der Waals surface area contributed by atoms with Crippen molar-refractivity contribution < 1.29 is 24.5 Å². The molecule has 1 aliphatic carbocycles. The van der Waals surface area contributed by atoms with Crippen LogP contribution in [0.2, 0.25) is 0 Å². The van der Waals surface area contributed by atoms with Crippen LogP contribution in [0, 0.1) is 5.92 Å². The summed E-state index contributed by atoms with van der Waals surface area (Å²) >= 11 is 0. The summed E-state index contributed by atoms with van der Waals surface area (Å²) in [6.07, 6.45) is -0.308. The lowest BCUT2D eigenvalue weighted by Gasteiger charge is -2.36. The van der Waals surface area contributed by atoms with Crippen LogP contribution in [-0.2, 0) is 9.53 Å².